The summed E-state index contributed by atoms with van der Waals surface area (Å²) in [4.78, 5) is 2.10. The molecular formula is C15H22N2. The van der Waals surface area contributed by atoms with Gasteiger partial charge in [-0.1, -0.05) is 45.0 Å². The summed E-state index contributed by atoms with van der Waals surface area (Å²) >= 11 is 0. The Hall–Kier alpha value is -1.33. The van der Waals surface area contributed by atoms with Crippen LogP contribution in [0.4, 0.5) is 0 Å². The smallest absolute Gasteiger partial charge is 0.123 e. The molecule has 1 atom stereocenters. The fourth-order valence-corrected chi connectivity index (χ4v) is 1.97. The van der Waals surface area contributed by atoms with Crippen LogP contribution in [0.3, 0.4) is 0 Å². The van der Waals surface area contributed by atoms with Crippen LogP contribution in [-0.4, -0.2) is 18.5 Å². The Balaban J connectivity index is 2.87. The third-order valence-electron chi connectivity index (χ3n) is 3.06. The molecule has 2 nitrogen and oxygen atoms in total. The molecule has 0 saturated carbocycles. The molecule has 0 aliphatic heterocycles. The van der Waals surface area contributed by atoms with Crippen LogP contribution in [0.5, 0.6) is 0 Å². The lowest BCUT2D eigenvalue weighted by molar-refractivity contribution is 0.292. The van der Waals surface area contributed by atoms with E-state index in [-0.39, 0.29) is 6.04 Å². The Morgan fingerprint density at radius 3 is 2.12 bits per heavy atom. The molecule has 1 unspecified atom stereocenters. The van der Waals surface area contributed by atoms with E-state index in [9.17, 15) is 5.26 Å². The highest BCUT2D eigenvalue weighted by Gasteiger charge is 2.15. The van der Waals surface area contributed by atoms with Crippen molar-refractivity contribution in [1.29, 1.82) is 5.26 Å². The Kier molecular flexibility index (Phi) is 5.18. The van der Waals surface area contributed by atoms with Gasteiger partial charge in [0.25, 0.3) is 0 Å². The van der Waals surface area contributed by atoms with Crippen molar-refractivity contribution in [2.45, 2.75) is 39.2 Å². The molecule has 0 heterocycles. The molecule has 0 bridgehead atoms. The van der Waals surface area contributed by atoms with Gasteiger partial charge in [0, 0.05) is 0 Å². The Bertz CT molecular complexity index is 373. The van der Waals surface area contributed by atoms with E-state index in [1.807, 2.05) is 7.05 Å². The number of nitriles is 1. The summed E-state index contributed by atoms with van der Waals surface area (Å²) in [6, 6.07) is 10.7. The van der Waals surface area contributed by atoms with Gasteiger partial charge in [0.15, 0.2) is 0 Å². The molecule has 0 saturated heterocycles. The van der Waals surface area contributed by atoms with Crippen LogP contribution >= 0.6 is 0 Å². The average Bonchev–Trinajstić information content (AvgIpc) is 2.31. The van der Waals surface area contributed by atoms with Gasteiger partial charge < -0.3 is 0 Å². The summed E-state index contributed by atoms with van der Waals surface area (Å²) in [5.41, 5.74) is 2.41. The van der Waals surface area contributed by atoms with Crippen molar-refractivity contribution in [3.05, 3.63) is 35.4 Å². The molecule has 0 radical (unpaired) electrons. The molecule has 0 amide bonds. The zero-order chi connectivity index (χ0) is 12.8. The molecule has 1 aromatic rings. The van der Waals surface area contributed by atoms with Gasteiger partial charge in [0.1, 0.15) is 6.04 Å². The maximum Gasteiger partial charge on any atom is 0.123 e. The predicted molar refractivity (Wildman–Crippen MR) is 71.8 cm³/mol. The molecule has 2 heteroatoms. The molecule has 0 aliphatic rings. The lowest BCUT2D eigenvalue weighted by atomic mass is 9.99. The minimum atomic E-state index is -0.129. The van der Waals surface area contributed by atoms with Gasteiger partial charge >= 0.3 is 0 Å². The second kappa shape index (κ2) is 6.42. The van der Waals surface area contributed by atoms with Crippen molar-refractivity contribution in [2.24, 2.45) is 0 Å². The lowest BCUT2D eigenvalue weighted by Crippen LogP contribution is -2.24. The summed E-state index contributed by atoms with van der Waals surface area (Å²) in [6.45, 7) is 7.44. The van der Waals surface area contributed by atoms with Crippen molar-refractivity contribution in [2.75, 3.05) is 13.6 Å². The van der Waals surface area contributed by atoms with E-state index in [0.717, 1.165) is 18.5 Å². The van der Waals surface area contributed by atoms with Crippen LogP contribution in [0.15, 0.2) is 24.3 Å². The maximum absolute atomic E-state index is 9.26. The molecule has 0 spiro atoms. The standard InChI is InChI=1S/C15H22N2/c1-5-10-17(4)15(11-16)14-8-6-13(7-9-14)12(2)3/h6-9,12,15H,5,10H2,1-4H3. The van der Waals surface area contributed by atoms with E-state index in [0.29, 0.717) is 5.92 Å². The molecule has 1 rings (SSSR count). The first-order valence-electron chi connectivity index (χ1n) is 6.29. The van der Waals surface area contributed by atoms with Gasteiger partial charge in [-0.3, -0.25) is 4.90 Å². The van der Waals surface area contributed by atoms with Crippen molar-refractivity contribution < 1.29 is 0 Å². The van der Waals surface area contributed by atoms with Crippen LogP contribution in [0.1, 0.15) is 50.3 Å². The van der Waals surface area contributed by atoms with Crippen molar-refractivity contribution in [3.8, 4) is 6.07 Å². The Labute approximate surface area is 105 Å². The first-order chi connectivity index (χ1) is 8.10. The second-order valence-electron chi connectivity index (χ2n) is 4.83. The zero-order valence-electron chi connectivity index (χ0n) is 11.3. The van der Waals surface area contributed by atoms with E-state index in [4.69, 9.17) is 0 Å². The first kappa shape index (κ1) is 13.7. The van der Waals surface area contributed by atoms with Gasteiger partial charge in [-0.25, -0.2) is 0 Å². The highest BCUT2D eigenvalue weighted by Crippen LogP contribution is 2.21. The SMILES string of the molecule is CCCN(C)C(C#N)c1ccc(C(C)C)cc1. The summed E-state index contributed by atoms with van der Waals surface area (Å²) in [6.07, 6.45) is 1.07. The minimum absolute atomic E-state index is 0.129. The van der Waals surface area contributed by atoms with Crippen molar-refractivity contribution in [1.82, 2.24) is 4.90 Å². The molecule has 17 heavy (non-hydrogen) atoms. The summed E-state index contributed by atoms with van der Waals surface area (Å²) in [5.74, 6) is 0.540. The summed E-state index contributed by atoms with van der Waals surface area (Å²) in [5, 5.41) is 9.26. The van der Waals surface area contributed by atoms with E-state index in [1.54, 1.807) is 0 Å². The Morgan fingerprint density at radius 2 is 1.71 bits per heavy atom. The fraction of sp³-hybridized carbons (Fsp3) is 0.533. The minimum Gasteiger partial charge on any atom is -0.287 e. The summed E-state index contributed by atoms with van der Waals surface area (Å²) < 4.78 is 0. The molecule has 1 aromatic carbocycles. The van der Waals surface area contributed by atoms with Gasteiger partial charge in [-0.05, 0) is 37.1 Å². The molecule has 92 valence electrons. The van der Waals surface area contributed by atoms with Gasteiger partial charge in [0.2, 0.25) is 0 Å². The van der Waals surface area contributed by atoms with Crippen molar-refractivity contribution in [3.63, 3.8) is 0 Å². The quantitative estimate of drug-likeness (QED) is 0.771. The average molecular weight is 230 g/mol. The zero-order valence-corrected chi connectivity index (χ0v) is 11.3. The van der Waals surface area contributed by atoms with Gasteiger partial charge in [-0.15, -0.1) is 0 Å². The van der Waals surface area contributed by atoms with E-state index in [2.05, 4.69) is 56.0 Å². The number of hydrogen-bond donors (Lipinski definition) is 0. The fourth-order valence-electron chi connectivity index (χ4n) is 1.97. The molecular weight excluding hydrogens is 208 g/mol. The third-order valence-corrected chi connectivity index (χ3v) is 3.06. The van der Waals surface area contributed by atoms with Crippen LogP contribution in [0, 0.1) is 11.3 Å². The lowest BCUT2D eigenvalue weighted by Gasteiger charge is -2.22. The normalized spacial score (nSPS) is 12.8. The van der Waals surface area contributed by atoms with Crippen LogP contribution in [0.2, 0.25) is 0 Å². The first-order valence-corrected chi connectivity index (χ1v) is 6.29. The highest BCUT2D eigenvalue weighted by molar-refractivity contribution is 5.29. The monoisotopic (exact) mass is 230 g/mol. The largest absolute Gasteiger partial charge is 0.287 e. The summed E-state index contributed by atoms with van der Waals surface area (Å²) in [7, 11) is 2.01. The maximum atomic E-state index is 9.26. The molecule has 0 fully saturated rings. The predicted octanol–water partition coefficient (Wildman–Crippen LogP) is 3.72. The third kappa shape index (κ3) is 3.57. The highest BCUT2D eigenvalue weighted by atomic mass is 15.1. The van der Waals surface area contributed by atoms with Crippen LogP contribution in [-0.2, 0) is 0 Å². The molecule has 0 aromatic heterocycles. The molecule has 0 N–H and O–H groups in total. The number of benzene rings is 1. The number of nitrogens with zero attached hydrogens (tertiary/aromatic N) is 2. The van der Waals surface area contributed by atoms with Crippen LogP contribution < -0.4 is 0 Å². The molecule has 0 aliphatic carbocycles. The van der Waals surface area contributed by atoms with Gasteiger partial charge in [-0.2, -0.15) is 5.26 Å². The second-order valence-corrected chi connectivity index (χ2v) is 4.83. The number of rotatable bonds is 5. The van der Waals surface area contributed by atoms with Gasteiger partial charge in [0.05, 0.1) is 6.07 Å². The number of hydrogen-bond acceptors (Lipinski definition) is 2. The topological polar surface area (TPSA) is 27.0 Å². The van der Waals surface area contributed by atoms with Crippen LogP contribution in [0.25, 0.3) is 0 Å². The van der Waals surface area contributed by atoms with Crippen molar-refractivity contribution >= 4 is 0 Å². The van der Waals surface area contributed by atoms with E-state index >= 15 is 0 Å². The Morgan fingerprint density at radius 1 is 1.18 bits per heavy atom. The van der Waals surface area contributed by atoms with E-state index < -0.39 is 0 Å². The van der Waals surface area contributed by atoms with E-state index in [1.165, 1.54) is 5.56 Å².